The van der Waals surface area contributed by atoms with Crippen molar-refractivity contribution in [2.45, 2.75) is 25.7 Å². The van der Waals surface area contributed by atoms with E-state index in [2.05, 4.69) is 5.32 Å². The summed E-state index contributed by atoms with van der Waals surface area (Å²) in [6, 6.07) is 7.31. The minimum atomic E-state index is -0.845. The van der Waals surface area contributed by atoms with E-state index in [4.69, 9.17) is 5.11 Å². The van der Waals surface area contributed by atoms with Crippen LogP contribution in [0.15, 0.2) is 24.3 Å². The minimum absolute atomic E-state index is 0.0386. The second-order valence-electron chi connectivity index (χ2n) is 5.83. The van der Waals surface area contributed by atoms with E-state index in [1.54, 1.807) is 4.90 Å². The number of rotatable bonds is 4. The fourth-order valence-electron chi connectivity index (χ4n) is 2.42. The van der Waals surface area contributed by atoms with E-state index >= 15 is 0 Å². The van der Waals surface area contributed by atoms with E-state index in [9.17, 15) is 14.4 Å². The van der Waals surface area contributed by atoms with Gasteiger partial charge in [0.2, 0.25) is 11.8 Å². The van der Waals surface area contributed by atoms with Gasteiger partial charge in [0.1, 0.15) is 0 Å². The van der Waals surface area contributed by atoms with Gasteiger partial charge in [0.15, 0.2) is 0 Å². The van der Waals surface area contributed by atoms with Crippen LogP contribution in [0, 0.1) is 0 Å². The van der Waals surface area contributed by atoms with Gasteiger partial charge in [-0.2, -0.15) is 0 Å². The number of carboxylic acids is 1. The summed E-state index contributed by atoms with van der Waals surface area (Å²) < 4.78 is 0. The topological polar surface area (TPSA) is 86.7 Å². The summed E-state index contributed by atoms with van der Waals surface area (Å²) in [5, 5.41) is 11.2. The number of anilines is 1. The van der Waals surface area contributed by atoms with Gasteiger partial charge in [0.05, 0.1) is 19.5 Å². The van der Waals surface area contributed by atoms with Crippen LogP contribution >= 0.6 is 0 Å². The minimum Gasteiger partial charge on any atom is -0.481 e. The Morgan fingerprint density at radius 3 is 2.19 bits per heavy atom. The molecule has 1 fully saturated rings. The molecule has 21 heavy (non-hydrogen) atoms. The number of carbonyl (C=O) groups is 3. The van der Waals surface area contributed by atoms with E-state index < -0.39 is 11.4 Å². The van der Waals surface area contributed by atoms with Crippen molar-refractivity contribution in [1.82, 2.24) is 5.32 Å². The second-order valence-corrected chi connectivity index (χ2v) is 5.83. The Kier molecular flexibility index (Phi) is 3.97. The zero-order valence-corrected chi connectivity index (χ0v) is 12.0. The number of amides is 2. The molecule has 0 aromatic heterocycles. The number of carboxylic acid groups (broad SMARTS) is 1. The molecule has 0 radical (unpaired) electrons. The number of nitrogens with zero attached hydrogens (tertiary/aromatic N) is 1. The van der Waals surface area contributed by atoms with Crippen molar-refractivity contribution in [3.05, 3.63) is 29.8 Å². The average Bonchev–Trinajstić information content (AvgIpc) is 2.36. The van der Waals surface area contributed by atoms with E-state index in [1.807, 2.05) is 38.1 Å². The van der Waals surface area contributed by atoms with Gasteiger partial charge in [0.25, 0.3) is 0 Å². The third-order valence-corrected chi connectivity index (χ3v) is 3.55. The predicted octanol–water partition coefficient (Wildman–Crippen LogP) is 0.902. The van der Waals surface area contributed by atoms with Crippen molar-refractivity contribution < 1.29 is 19.5 Å². The lowest BCUT2D eigenvalue weighted by Crippen LogP contribution is -2.51. The molecule has 0 aliphatic carbocycles. The first-order chi connectivity index (χ1) is 9.78. The normalized spacial score (nSPS) is 15.8. The number of nitrogens with one attached hydrogen (secondary N) is 1. The summed E-state index contributed by atoms with van der Waals surface area (Å²) in [5.41, 5.74) is 1.20. The molecule has 1 saturated heterocycles. The molecule has 0 saturated carbocycles. The number of hydrogen-bond donors (Lipinski definition) is 2. The van der Waals surface area contributed by atoms with Crippen LogP contribution in [0.5, 0.6) is 0 Å². The van der Waals surface area contributed by atoms with E-state index in [0.717, 1.165) is 11.3 Å². The van der Waals surface area contributed by atoms with Crippen LogP contribution in [0.1, 0.15) is 25.8 Å². The number of aliphatic carboxylic acids is 1. The summed E-state index contributed by atoms with van der Waals surface area (Å²) >= 11 is 0. The van der Waals surface area contributed by atoms with Gasteiger partial charge in [0, 0.05) is 11.1 Å². The smallest absolute Gasteiger partial charge is 0.304 e. The predicted molar refractivity (Wildman–Crippen MR) is 77.1 cm³/mol. The molecule has 2 rings (SSSR count). The SMILES string of the molecule is CC(C)(CC(=O)O)c1ccc(N2CC(=O)NC(=O)C2)cc1. The Labute approximate surface area is 122 Å². The highest BCUT2D eigenvalue weighted by Crippen LogP contribution is 2.28. The fourth-order valence-corrected chi connectivity index (χ4v) is 2.42. The van der Waals surface area contributed by atoms with Gasteiger partial charge in [-0.1, -0.05) is 26.0 Å². The van der Waals surface area contributed by atoms with Gasteiger partial charge in [-0.15, -0.1) is 0 Å². The molecular formula is C15H18N2O4. The number of benzene rings is 1. The van der Waals surface area contributed by atoms with Crippen molar-refractivity contribution in [2.24, 2.45) is 0 Å². The molecule has 2 N–H and O–H groups in total. The van der Waals surface area contributed by atoms with Crippen LogP contribution in [0.25, 0.3) is 0 Å². The highest BCUT2D eigenvalue weighted by molar-refractivity contribution is 6.02. The van der Waals surface area contributed by atoms with Crippen LogP contribution in [0.4, 0.5) is 5.69 Å². The zero-order chi connectivity index (χ0) is 15.6. The molecule has 0 unspecified atom stereocenters. The monoisotopic (exact) mass is 290 g/mol. The first-order valence-electron chi connectivity index (χ1n) is 6.68. The average molecular weight is 290 g/mol. The molecule has 6 nitrogen and oxygen atoms in total. The van der Waals surface area contributed by atoms with Crippen LogP contribution < -0.4 is 10.2 Å². The standard InChI is InChI=1S/C15H18N2O4/c1-15(2,7-14(20)21)10-3-5-11(6-4-10)17-8-12(18)16-13(19)9-17/h3-6H,7-9H2,1-2H3,(H,20,21)(H,16,18,19). The summed E-state index contributed by atoms with van der Waals surface area (Å²) in [5.74, 6) is -1.48. The maximum atomic E-state index is 11.4. The van der Waals surface area contributed by atoms with E-state index in [1.165, 1.54) is 0 Å². The van der Waals surface area contributed by atoms with Crippen molar-refractivity contribution in [1.29, 1.82) is 0 Å². The number of piperazine rings is 1. The highest BCUT2D eigenvalue weighted by Gasteiger charge is 2.25. The Morgan fingerprint density at radius 1 is 1.19 bits per heavy atom. The van der Waals surface area contributed by atoms with Gasteiger partial charge in [-0.25, -0.2) is 0 Å². The van der Waals surface area contributed by atoms with Gasteiger partial charge in [-0.05, 0) is 17.7 Å². The van der Waals surface area contributed by atoms with Crippen LogP contribution in [0.3, 0.4) is 0 Å². The Hall–Kier alpha value is -2.37. The number of hydrogen-bond acceptors (Lipinski definition) is 4. The summed E-state index contributed by atoms with van der Waals surface area (Å²) in [7, 11) is 0. The molecule has 1 aliphatic rings. The number of imide groups is 1. The molecule has 1 aromatic carbocycles. The lowest BCUT2D eigenvalue weighted by molar-refractivity contribution is -0.138. The van der Waals surface area contributed by atoms with E-state index in [-0.39, 0.29) is 31.3 Å². The lowest BCUT2D eigenvalue weighted by Gasteiger charge is -2.28. The lowest BCUT2D eigenvalue weighted by atomic mass is 9.81. The van der Waals surface area contributed by atoms with Crippen molar-refractivity contribution >= 4 is 23.5 Å². The first kappa shape index (κ1) is 15.0. The Balaban J connectivity index is 2.17. The van der Waals surface area contributed by atoms with Crippen molar-refractivity contribution in [3.8, 4) is 0 Å². The molecule has 0 bridgehead atoms. The third-order valence-electron chi connectivity index (χ3n) is 3.55. The molecule has 6 heteroatoms. The fraction of sp³-hybridized carbons (Fsp3) is 0.400. The molecule has 2 amide bonds. The Morgan fingerprint density at radius 2 is 1.71 bits per heavy atom. The maximum Gasteiger partial charge on any atom is 0.304 e. The molecule has 0 atom stereocenters. The molecule has 1 aliphatic heterocycles. The van der Waals surface area contributed by atoms with Crippen molar-refractivity contribution in [3.63, 3.8) is 0 Å². The molecule has 1 aromatic rings. The molecule has 1 heterocycles. The third kappa shape index (κ3) is 3.59. The van der Waals surface area contributed by atoms with Gasteiger partial charge < -0.3 is 10.0 Å². The summed E-state index contributed by atoms with van der Waals surface area (Å²) in [4.78, 5) is 35.3. The maximum absolute atomic E-state index is 11.4. The van der Waals surface area contributed by atoms with Crippen LogP contribution in [0.2, 0.25) is 0 Å². The quantitative estimate of drug-likeness (QED) is 0.805. The summed E-state index contributed by atoms with van der Waals surface area (Å²) in [6.45, 7) is 4.02. The van der Waals surface area contributed by atoms with E-state index in [0.29, 0.717) is 0 Å². The van der Waals surface area contributed by atoms with Crippen LogP contribution in [-0.2, 0) is 19.8 Å². The van der Waals surface area contributed by atoms with Gasteiger partial charge >= 0.3 is 5.97 Å². The largest absolute Gasteiger partial charge is 0.481 e. The molecular weight excluding hydrogens is 272 g/mol. The first-order valence-corrected chi connectivity index (χ1v) is 6.68. The van der Waals surface area contributed by atoms with Gasteiger partial charge in [-0.3, -0.25) is 19.7 Å². The zero-order valence-electron chi connectivity index (χ0n) is 12.0. The van der Waals surface area contributed by atoms with Crippen molar-refractivity contribution in [2.75, 3.05) is 18.0 Å². The molecule has 0 spiro atoms. The Bertz CT molecular complexity index is 562. The molecule has 112 valence electrons. The highest BCUT2D eigenvalue weighted by atomic mass is 16.4. The van der Waals surface area contributed by atoms with Crippen LogP contribution in [-0.4, -0.2) is 36.0 Å². The second kappa shape index (κ2) is 5.55. The summed E-state index contributed by atoms with van der Waals surface area (Å²) in [6.07, 6.45) is 0.0386. The number of carbonyl (C=O) groups excluding carboxylic acids is 2.